The van der Waals surface area contributed by atoms with Crippen LogP contribution in [0.25, 0.3) is 0 Å². The lowest BCUT2D eigenvalue weighted by Crippen LogP contribution is -1.98. The van der Waals surface area contributed by atoms with Gasteiger partial charge in [0, 0.05) is 12.2 Å². The largest absolute Gasteiger partial charge is 0.377 e. The molecule has 3 heteroatoms. The van der Waals surface area contributed by atoms with Gasteiger partial charge in [-0.3, -0.25) is 0 Å². The zero-order valence-corrected chi connectivity index (χ0v) is 8.22. The Bertz CT molecular complexity index is 287. The van der Waals surface area contributed by atoms with E-state index in [9.17, 15) is 8.78 Å². The summed E-state index contributed by atoms with van der Waals surface area (Å²) in [6, 6.07) is 3.39. The van der Waals surface area contributed by atoms with Crippen LogP contribution in [-0.4, -0.2) is 6.61 Å². The van der Waals surface area contributed by atoms with E-state index in [4.69, 9.17) is 4.74 Å². The van der Waals surface area contributed by atoms with Gasteiger partial charge in [-0.2, -0.15) is 0 Å². The van der Waals surface area contributed by atoms with Gasteiger partial charge >= 0.3 is 0 Å². The zero-order valence-electron chi connectivity index (χ0n) is 8.22. The summed E-state index contributed by atoms with van der Waals surface area (Å²) < 4.78 is 30.9. The third-order valence-electron chi connectivity index (χ3n) is 1.91. The predicted octanol–water partition coefficient (Wildman–Crippen LogP) is 3.28. The topological polar surface area (TPSA) is 9.23 Å². The molecular weight excluding hydrogens is 186 g/mol. The van der Waals surface area contributed by atoms with Gasteiger partial charge in [0.1, 0.15) is 11.6 Å². The summed E-state index contributed by atoms with van der Waals surface area (Å²) in [4.78, 5) is 0. The Kier molecular flexibility index (Phi) is 4.53. The van der Waals surface area contributed by atoms with Gasteiger partial charge in [-0.25, -0.2) is 8.78 Å². The highest BCUT2D eigenvalue weighted by atomic mass is 19.1. The van der Waals surface area contributed by atoms with E-state index in [1.54, 1.807) is 0 Å². The maximum atomic E-state index is 13.0. The second kappa shape index (κ2) is 5.70. The third-order valence-corrected chi connectivity index (χ3v) is 1.91. The molecule has 1 aromatic carbocycles. The first-order valence-electron chi connectivity index (χ1n) is 4.75. The van der Waals surface area contributed by atoms with Crippen LogP contribution in [0.15, 0.2) is 18.2 Å². The van der Waals surface area contributed by atoms with E-state index < -0.39 is 11.6 Å². The molecule has 0 bridgehead atoms. The van der Waals surface area contributed by atoms with Crippen molar-refractivity contribution in [3.05, 3.63) is 35.4 Å². The van der Waals surface area contributed by atoms with Crippen molar-refractivity contribution < 1.29 is 13.5 Å². The highest BCUT2D eigenvalue weighted by molar-refractivity contribution is 5.17. The van der Waals surface area contributed by atoms with Gasteiger partial charge in [-0.1, -0.05) is 13.3 Å². The van der Waals surface area contributed by atoms with E-state index >= 15 is 0 Å². The molecule has 0 amide bonds. The van der Waals surface area contributed by atoms with Gasteiger partial charge in [0.15, 0.2) is 0 Å². The van der Waals surface area contributed by atoms with Crippen LogP contribution >= 0.6 is 0 Å². The average Bonchev–Trinajstić information content (AvgIpc) is 2.18. The first-order chi connectivity index (χ1) is 6.74. The Balaban J connectivity index is 2.45. The van der Waals surface area contributed by atoms with Crippen LogP contribution in [0.3, 0.4) is 0 Å². The minimum Gasteiger partial charge on any atom is -0.377 e. The zero-order chi connectivity index (χ0) is 10.4. The molecule has 0 fully saturated rings. The minimum atomic E-state index is -0.430. The Morgan fingerprint density at radius 3 is 2.79 bits per heavy atom. The SMILES string of the molecule is CCCCOCc1cc(F)ccc1F. The number of unbranched alkanes of at least 4 members (excludes halogenated alkanes) is 1. The molecule has 78 valence electrons. The maximum absolute atomic E-state index is 13.0. The molecule has 0 aliphatic heterocycles. The van der Waals surface area contributed by atoms with Crippen LogP contribution in [0.2, 0.25) is 0 Å². The summed E-state index contributed by atoms with van der Waals surface area (Å²) in [5.41, 5.74) is 0.279. The molecule has 0 aromatic heterocycles. The second-order valence-electron chi connectivity index (χ2n) is 3.14. The molecule has 0 aliphatic carbocycles. The third kappa shape index (κ3) is 3.42. The number of rotatable bonds is 5. The molecule has 1 aromatic rings. The van der Waals surface area contributed by atoms with E-state index in [1.807, 2.05) is 6.92 Å². The number of hydrogen-bond acceptors (Lipinski definition) is 1. The number of ether oxygens (including phenoxy) is 1. The van der Waals surface area contributed by atoms with Gasteiger partial charge in [0.05, 0.1) is 6.61 Å². The summed E-state index contributed by atoms with van der Waals surface area (Å²) in [5.74, 6) is -0.844. The minimum absolute atomic E-state index is 0.142. The summed E-state index contributed by atoms with van der Waals surface area (Å²) in [7, 11) is 0. The van der Waals surface area contributed by atoms with Crippen LogP contribution in [-0.2, 0) is 11.3 Å². The highest BCUT2D eigenvalue weighted by Crippen LogP contribution is 2.10. The molecule has 1 nitrogen and oxygen atoms in total. The molecule has 0 aliphatic rings. The van der Waals surface area contributed by atoms with Crippen LogP contribution in [0, 0.1) is 11.6 Å². The van der Waals surface area contributed by atoms with E-state index in [1.165, 1.54) is 6.07 Å². The standard InChI is InChI=1S/C11H14F2O/c1-2-3-6-14-8-9-7-10(12)4-5-11(9)13/h4-5,7H,2-3,6,8H2,1H3. The van der Waals surface area contributed by atoms with Crippen LogP contribution in [0.5, 0.6) is 0 Å². The molecule has 0 spiro atoms. The molecule has 0 atom stereocenters. The molecule has 0 unspecified atom stereocenters. The van der Waals surface area contributed by atoms with Crippen molar-refractivity contribution >= 4 is 0 Å². The van der Waals surface area contributed by atoms with Crippen LogP contribution in [0.1, 0.15) is 25.3 Å². The lowest BCUT2D eigenvalue weighted by atomic mass is 10.2. The second-order valence-corrected chi connectivity index (χ2v) is 3.14. The fourth-order valence-electron chi connectivity index (χ4n) is 1.08. The van der Waals surface area contributed by atoms with Gasteiger partial charge in [0.25, 0.3) is 0 Å². The Labute approximate surface area is 82.7 Å². The highest BCUT2D eigenvalue weighted by Gasteiger charge is 2.03. The number of hydrogen-bond donors (Lipinski definition) is 0. The molecular formula is C11H14F2O. The summed E-state index contributed by atoms with van der Waals surface area (Å²) in [5, 5.41) is 0. The summed E-state index contributed by atoms with van der Waals surface area (Å²) in [6.45, 7) is 2.78. The predicted molar refractivity (Wildman–Crippen MR) is 50.9 cm³/mol. The monoisotopic (exact) mass is 200 g/mol. The Hall–Kier alpha value is -0.960. The van der Waals surface area contributed by atoms with Crippen LogP contribution < -0.4 is 0 Å². The van der Waals surface area contributed by atoms with Gasteiger partial charge in [0.2, 0.25) is 0 Å². The smallest absolute Gasteiger partial charge is 0.128 e. The van der Waals surface area contributed by atoms with E-state index in [2.05, 4.69) is 0 Å². The summed E-state index contributed by atoms with van der Waals surface area (Å²) >= 11 is 0. The lowest BCUT2D eigenvalue weighted by molar-refractivity contribution is 0.115. The normalized spacial score (nSPS) is 10.5. The fraction of sp³-hybridized carbons (Fsp3) is 0.455. The first kappa shape index (κ1) is 11.1. The molecule has 0 radical (unpaired) electrons. The molecule has 1 rings (SSSR count). The van der Waals surface area contributed by atoms with Crippen molar-refractivity contribution in [3.63, 3.8) is 0 Å². The Morgan fingerprint density at radius 1 is 1.29 bits per heavy atom. The van der Waals surface area contributed by atoms with Gasteiger partial charge in [-0.15, -0.1) is 0 Å². The van der Waals surface area contributed by atoms with E-state index in [0.717, 1.165) is 25.0 Å². The van der Waals surface area contributed by atoms with E-state index in [-0.39, 0.29) is 12.2 Å². The number of halogens is 2. The average molecular weight is 200 g/mol. The maximum Gasteiger partial charge on any atom is 0.128 e. The lowest BCUT2D eigenvalue weighted by Gasteiger charge is -2.04. The number of benzene rings is 1. The molecule has 0 saturated heterocycles. The van der Waals surface area contributed by atoms with Crippen molar-refractivity contribution in [2.24, 2.45) is 0 Å². The van der Waals surface area contributed by atoms with Crippen molar-refractivity contribution in [2.75, 3.05) is 6.61 Å². The van der Waals surface area contributed by atoms with Crippen molar-refractivity contribution in [2.45, 2.75) is 26.4 Å². The molecule has 0 saturated carbocycles. The fourth-order valence-corrected chi connectivity index (χ4v) is 1.08. The van der Waals surface area contributed by atoms with Crippen LogP contribution in [0.4, 0.5) is 8.78 Å². The Morgan fingerprint density at radius 2 is 2.07 bits per heavy atom. The van der Waals surface area contributed by atoms with Crippen molar-refractivity contribution in [3.8, 4) is 0 Å². The van der Waals surface area contributed by atoms with Gasteiger partial charge in [-0.05, 0) is 24.6 Å². The quantitative estimate of drug-likeness (QED) is 0.663. The van der Waals surface area contributed by atoms with E-state index in [0.29, 0.717) is 6.61 Å². The van der Waals surface area contributed by atoms with Crippen molar-refractivity contribution in [1.29, 1.82) is 0 Å². The van der Waals surface area contributed by atoms with Crippen molar-refractivity contribution in [1.82, 2.24) is 0 Å². The molecule has 0 heterocycles. The molecule has 0 N–H and O–H groups in total. The summed E-state index contributed by atoms with van der Waals surface area (Å²) in [6.07, 6.45) is 1.97. The van der Waals surface area contributed by atoms with Gasteiger partial charge < -0.3 is 4.74 Å². The molecule has 14 heavy (non-hydrogen) atoms. The first-order valence-corrected chi connectivity index (χ1v) is 4.75.